The highest BCUT2D eigenvalue weighted by Crippen LogP contribution is 2.37. The van der Waals surface area contributed by atoms with Gasteiger partial charge < -0.3 is 15.2 Å². The van der Waals surface area contributed by atoms with Crippen molar-refractivity contribution < 1.29 is 23.4 Å². The Morgan fingerprint density at radius 1 is 1.59 bits per heavy atom. The first-order valence-corrected chi connectivity index (χ1v) is 7.24. The summed E-state index contributed by atoms with van der Waals surface area (Å²) in [5.74, 6) is -0.404. The number of amides is 1. The first-order chi connectivity index (χ1) is 10.4. The summed E-state index contributed by atoms with van der Waals surface area (Å²) in [5.41, 5.74) is -0.224. The molecule has 0 spiro atoms. The lowest BCUT2D eigenvalue weighted by molar-refractivity contribution is 0.0784. The largest absolute Gasteiger partial charge is 0.472 e. The standard InChI is InChI=1S/C15H20F2N2O3/c1-15(9-20)7-3-5-11(15)19-14(21)10-4-2-6-13(18-10)22-8-12(16)17/h2,4,6,11-12,20H,3,5,7-9H2,1H3,(H,19,21). The summed E-state index contributed by atoms with van der Waals surface area (Å²) >= 11 is 0. The van der Waals surface area contributed by atoms with Crippen LogP contribution in [0.1, 0.15) is 36.7 Å². The minimum Gasteiger partial charge on any atom is -0.472 e. The normalized spacial score (nSPS) is 24.5. The minimum absolute atomic E-state index is 0.00289. The lowest BCUT2D eigenvalue weighted by atomic mass is 9.86. The Bertz CT molecular complexity index is 527. The lowest BCUT2D eigenvalue weighted by Crippen LogP contribution is -2.45. The third-order valence-corrected chi connectivity index (χ3v) is 4.06. The molecule has 0 aromatic carbocycles. The third kappa shape index (κ3) is 3.91. The fourth-order valence-electron chi connectivity index (χ4n) is 2.67. The van der Waals surface area contributed by atoms with E-state index in [1.165, 1.54) is 18.2 Å². The molecule has 5 nitrogen and oxygen atoms in total. The van der Waals surface area contributed by atoms with Crippen LogP contribution < -0.4 is 10.1 Å². The fraction of sp³-hybridized carbons (Fsp3) is 0.600. The molecule has 2 N–H and O–H groups in total. The number of aliphatic hydroxyl groups is 1. The Morgan fingerprint density at radius 3 is 3.05 bits per heavy atom. The number of carbonyl (C=O) groups is 1. The number of halogens is 2. The molecule has 22 heavy (non-hydrogen) atoms. The van der Waals surface area contributed by atoms with Gasteiger partial charge in [-0.15, -0.1) is 0 Å². The Labute approximate surface area is 127 Å². The molecular weight excluding hydrogens is 294 g/mol. The molecule has 2 rings (SSSR count). The van der Waals surface area contributed by atoms with E-state index in [4.69, 9.17) is 4.74 Å². The molecule has 7 heteroatoms. The molecule has 2 unspecified atom stereocenters. The predicted octanol–water partition coefficient (Wildman–Crippen LogP) is 2.01. The highest BCUT2D eigenvalue weighted by molar-refractivity contribution is 5.92. The summed E-state index contributed by atoms with van der Waals surface area (Å²) in [4.78, 5) is 16.2. The van der Waals surface area contributed by atoms with Gasteiger partial charge in [0.15, 0.2) is 6.61 Å². The lowest BCUT2D eigenvalue weighted by Gasteiger charge is -2.29. The SMILES string of the molecule is CC1(CO)CCCC1NC(=O)c1cccc(OCC(F)F)n1. The molecule has 0 saturated heterocycles. The molecule has 0 radical (unpaired) electrons. The molecular formula is C15H20F2N2O3. The highest BCUT2D eigenvalue weighted by Gasteiger charge is 2.39. The van der Waals surface area contributed by atoms with Crippen LogP contribution >= 0.6 is 0 Å². The molecule has 0 bridgehead atoms. The van der Waals surface area contributed by atoms with E-state index >= 15 is 0 Å². The number of nitrogens with one attached hydrogen (secondary N) is 1. The van der Waals surface area contributed by atoms with Gasteiger partial charge in [0.05, 0.1) is 6.61 Å². The third-order valence-electron chi connectivity index (χ3n) is 4.06. The summed E-state index contributed by atoms with van der Waals surface area (Å²) in [6.45, 7) is 1.17. The molecule has 1 saturated carbocycles. The molecule has 1 aliphatic rings. The van der Waals surface area contributed by atoms with Gasteiger partial charge in [-0.3, -0.25) is 4.79 Å². The van der Waals surface area contributed by atoms with E-state index in [2.05, 4.69) is 10.3 Å². The average Bonchev–Trinajstić information content (AvgIpc) is 2.87. The number of pyridine rings is 1. The van der Waals surface area contributed by atoms with Crippen molar-refractivity contribution in [3.05, 3.63) is 23.9 Å². The van der Waals surface area contributed by atoms with E-state index < -0.39 is 18.9 Å². The van der Waals surface area contributed by atoms with E-state index in [0.29, 0.717) is 0 Å². The number of hydrogen-bond acceptors (Lipinski definition) is 4. The maximum atomic E-state index is 12.2. The average molecular weight is 314 g/mol. The van der Waals surface area contributed by atoms with Crippen LogP contribution in [0.2, 0.25) is 0 Å². The maximum Gasteiger partial charge on any atom is 0.272 e. The molecule has 1 aromatic rings. The van der Waals surface area contributed by atoms with Gasteiger partial charge in [-0.25, -0.2) is 13.8 Å². The summed E-state index contributed by atoms with van der Waals surface area (Å²) in [6.07, 6.45) is -0.0143. The number of aliphatic hydroxyl groups excluding tert-OH is 1. The van der Waals surface area contributed by atoms with Crippen LogP contribution in [0, 0.1) is 5.41 Å². The molecule has 1 aliphatic carbocycles. The van der Waals surface area contributed by atoms with E-state index in [-0.39, 0.29) is 29.6 Å². The van der Waals surface area contributed by atoms with Gasteiger partial charge >= 0.3 is 0 Å². The summed E-state index contributed by atoms with van der Waals surface area (Å²) < 4.78 is 29.0. The fourth-order valence-corrected chi connectivity index (χ4v) is 2.67. The predicted molar refractivity (Wildman–Crippen MR) is 76.0 cm³/mol. The number of aromatic nitrogens is 1. The first-order valence-electron chi connectivity index (χ1n) is 7.24. The zero-order chi connectivity index (χ0) is 16.2. The molecule has 1 amide bonds. The Morgan fingerprint density at radius 2 is 2.36 bits per heavy atom. The first kappa shape index (κ1) is 16.6. The number of ether oxygens (including phenoxy) is 1. The maximum absolute atomic E-state index is 12.2. The van der Waals surface area contributed by atoms with Gasteiger partial charge in [-0.05, 0) is 18.9 Å². The second-order valence-corrected chi connectivity index (χ2v) is 5.79. The van der Waals surface area contributed by atoms with Crippen LogP contribution in [0.25, 0.3) is 0 Å². The second-order valence-electron chi connectivity index (χ2n) is 5.79. The van der Waals surface area contributed by atoms with Gasteiger partial charge in [-0.2, -0.15) is 0 Å². The van der Waals surface area contributed by atoms with Crippen molar-refractivity contribution in [1.29, 1.82) is 0 Å². The minimum atomic E-state index is -2.59. The van der Waals surface area contributed by atoms with Gasteiger partial charge in [0.1, 0.15) is 5.69 Å². The van der Waals surface area contributed by atoms with Gasteiger partial charge in [0.2, 0.25) is 5.88 Å². The second kappa shape index (κ2) is 7.00. The van der Waals surface area contributed by atoms with Crippen molar-refractivity contribution in [2.45, 2.75) is 38.7 Å². The van der Waals surface area contributed by atoms with E-state index in [1.807, 2.05) is 6.92 Å². The monoisotopic (exact) mass is 314 g/mol. The summed E-state index contributed by atoms with van der Waals surface area (Å²) in [6, 6.07) is 4.32. The molecule has 1 fully saturated rings. The molecule has 122 valence electrons. The molecule has 1 aromatic heterocycles. The summed E-state index contributed by atoms with van der Waals surface area (Å²) in [5, 5.41) is 12.4. The van der Waals surface area contributed by atoms with Gasteiger partial charge in [0, 0.05) is 17.5 Å². The van der Waals surface area contributed by atoms with Gasteiger partial charge in [-0.1, -0.05) is 19.4 Å². The zero-order valence-electron chi connectivity index (χ0n) is 12.4. The Hall–Kier alpha value is -1.76. The van der Waals surface area contributed by atoms with Crippen molar-refractivity contribution in [2.75, 3.05) is 13.2 Å². The smallest absolute Gasteiger partial charge is 0.272 e. The Balaban J connectivity index is 2.02. The van der Waals surface area contributed by atoms with Gasteiger partial charge in [0.25, 0.3) is 12.3 Å². The van der Waals surface area contributed by atoms with Crippen molar-refractivity contribution >= 4 is 5.91 Å². The van der Waals surface area contributed by atoms with Crippen LogP contribution in [-0.2, 0) is 0 Å². The van der Waals surface area contributed by atoms with Crippen LogP contribution in [0.4, 0.5) is 8.78 Å². The van der Waals surface area contributed by atoms with Crippen molar-refractivity contribution in [3.8, 4) is 5.88 Å². The van der Waals surface area contributed by atoms with Crippen LogP contribution in [0.3, 0.4) is 0 Å². The van der Waals surface area contributed by atoms with Crippen LogP contribution in [-0.4, -0.2) is 41.7 Å². The summed E-state index contributed by atoms with van der Waals surface area (Å²) in [7, 11) is 0. The number of carbonyl (C=O) groups excluding carboxylic acids is 1. The number of alkyl halides is 2. The van der Waals surface area contributed by atoms with E-state index in [1.54, 1.807) is 0 Å². The van der Waals surface area contributed by atoms with Crippen molar-refractivity contribution in [3.63, 3.8) is 0 Å². The molecule has 2 atom stereocenters. The van der Waals surface area contributed by atoms with Crippen LogP contribution in [0.15, 0.2) is 18.2 Å². The number of rotatable bonds is 6. The topological polar surface area (TPSA) is 71.5 Å². The quantitative estimate of drug-likeness (QED) is 0.842. The van der Waals surface area contributed by atoms with Crippen LogP contribution in [0.5, 0.6) is 5.88 Å². The zero-order valence-corrected chi connectivity index (χ0v) is 12.4. The Kier molecular flexibility index (Phi) is 5.28. The van der Waals surface area contributed by atoms with Crippen molar-refractivity contribution in [2.24, 2.45) is 5.41 Å². The molecule has 1 heterocycles. The highest BCUT2D eigenvalue weighted by atomic mass is 19.3. The van der Waals surface area contributed by atoms with E-state index in [0.717, 1.165) is 19.3 Å². The number of nitrogens with zero attached hydrogens (tertiary/aromatic N) is 1. The number of hydrogen-bond donors (Lipinski definition) is 2. The van der Waals surface area contributed by atoms with E-state index in [9.17, 15) is 18.7 Å². The van der Waals surface area contributed by atoms with Crippen molar-refractivity contribution in [1.82, 2.24) is 10.3 Å². The molecule has 0 aliphatic heterocycles.